The molecule has 0 aliphatic rings. The van der Waals surface area contributed by atoms with E-state index in [1.807, 2.05) is 30.3 Å². The number of anilines is 1. The molecule has 2 aromatic rings. The molecule has 5 nitrogen and oxygen atoms in total. The van der Waals surface area contributed by atoms with Crippen LogP contribution in [0.15, 0.2) is 42.9 Å². The van der Waals surface area contributed by atoms with Crippen LogP contribution in [-0.4, -0.2) is 23.6 Å². The van der Waals surface area contributed by atoms with Crippen molar-refractivity contribution in [2.75, 3.05) is 19.0 Å². The van der Waals surface area contributed by atoms with E-state index in [2.05, 4.69) is 15.3 Å². The van der Waals surface area contributed by atoms with Crippen molar-refractivity contribution in [3.63, 3.8) is 0 Å². The van der Waals surface area contributed by atoms with Gasteiger partial charge in [0.1, 0.15) is 12.1 Å². The molecule has 0 radical (unpaired) electrons. The number of ether oxygens (including phenoxy) is 1. The van der Waals surface area contributed by atoms with E-state index in [9.17, 15) is 0 Å². The van der Waals surface area contributed by atoms with E-state index in [1.165, 1.54) is 6.33 Å². The molecule has 0 saturated carbocycles. The van der Waals surface area contributed by atoms with Crippen LogP contribution in [0.25, 0.3) is 0 Å². The first-order valence-electron chi connectivity index (χ1n) is 5.70. The second-order valence-corrected chi connectivity index (χ2v) is 3.77. The average Bonchev–Trinajstić information content (AvgIpc) is 2.46. The summed E-state index contributed by atoms with van der Waals surface area (Å²) in [6, 6.07) is 9.49. The first-order valence-corrected chi connectivity index (χ1v) is 5.70. The van der Waals surface area contributed by atoms with Crippen LogP contribution in [0.2, 0.25) is 0 Å². The lowest BCUT2D eigenvalue weighted by molar-refractivity contribution is 0.416. The highest BCUT2D eigenvalue weighted by molar-refractivity contribution is 5.57. The van der Waals surface area contributed by atoms with Crippen molar-refractivity contribution in [3.05, 3.63) is 48.5 Å². The molecule has 0 fully saturated rings. The second kappa shape index (κ2) is 5.97. The Balaban J connectivity index is 2.21. The molecular formula is C13H16N4O. The Morgan fingerprint density at radius 1 is 1.33 bits per heavy atom. The zero-order valence-corrected chi connectivity index (χ0v) is 10.2. The lowest BCUT2D eigenvalue weighted by atomic mass is 10.2. The Labute approximate surface area is 106 Å². The Hall–Kier alpha value is -2.14. The molecular weight excluding hydrogens is 228 g/mol. The molecule has 1 atom stereocenters. The normalized spacial score (nSPS) is 11.9. The van der Waals surface area contributed by atoms with E-state index >= 15 is 0 Å². The Kier molecular flexibility index (Phi) is 4.09. The molecule has 0 saturated heterocycles. The van der Waals surface area contributed by atoms with Crippen molar-refractivity contribution in [3.8, 4) is 5.75 Å². The van der Waals surface area contributed by atoms with Crippen LogP contribution in [0.5, 0.6) is 5.75 Å². The Bertz CT molecular complexity index is 489. The van der Waals surface area contributed by atoms with Crippen molar-refractivity contribution in [1.29, 1.82) is 0 Å². The number of aromatic nitrogens is 2. The van der Waals surface area contributed by atoms with Gasteiger partial charge in [-0.3, -0.25) is 0 Å². The lowest BCUT2D eigenvalue weighted by Crippen LogP contribution is -2.21. The van der Waals surface area contributed by atoms with Gasteiger partial charge in [0.2, 0.25) is 0 Å². The summed E-state index contributed by atoms with van der Waals surface area (Å²) in [6.45, 7) is 0.440. The van der Waals surface area contributed by atoms with Crippen LogP contribution in [0.3, 0.4) is 0 Å². The van der Waals surface area contributed by atoms with Gasteiger partial charge in [0, 0.05) is 12.7 Å². The van der Waals surface area contributed by atoms with Gasteiger partial charge in [-0.1, -0.05) is 12.1 Å². The highest BCUT2D eigenvalue weighted by Crippen LogP contribution is 2.26. The molecule has 0 spiro atoms. The second-order valence-electron chi connectivity index (χ2n) is 3.77. The predicted octanol–water partition coefficient (Wildman–Crippen LogP) is 1.60. The first-order chi connectivity index (χ1) is 8.85. The maximum atomic E-state index is 5.78. The molecule has 1 aromatic heterocycles. The molecule has 0 amide bonds. The van der Waals surface area contributed by atoms with E-state index in [0.717, 1.165) is 17.1 Å². The molecule has 5 heteroatoms. The first kappa shape index (κ1) is 12.3. The van der Waals surface area contributed by atoms with Gasteiger partial charge in [-0.05, 0) is 18.2 Å². The fourth-order valence-electron chi connectivity index (χ4n) is 1.71. The molecule has 94 valence electrons. The van der Waals surface area contributed by atoms with Gasteiger partial charge in [0.25, 0.3) is 0 Å². The predicted molar refractivity (Wildman–Crippen MR) is 70.4 cm³/mol. The van der Waals surface area contributed by atoms with Gasteiger partial charge in [-0.15, -0.1) is 0 Å². The number of nitrogens with one attached hydrogen (secondary N) is 1. The van der Waals surface area contributed by atoms with Crippen molar-refractivity contribution in [2.24, 2.45) is 5.73 Å². The summed E-state index contributed by atoms with van der Waals surface area (Å²) in [7, 11) is 1.64. The monoisotopic (exact) mass is 244 g/mol. The fourth-order valence-corrected chi connectivity index (χ4v) is 1.71. The molecule has 18 heavy (non-hydrogen) atoms. The summed E-state index contributed by atoms with van der Waals surface area (Å²) in [5.74, 6) is 0.782. The maximum absolute atomic E-state index is 5.78. The minimum Gasteiger partial charge on any atom is -0.495 e. The summed E-state index contributed by atoms with van der Waals surface area (Å²) in [6.07, 6.45) is 3.22. The van der Waals surface area contributed by atoms with E-state index < -0.39 is 0 Å². The molecule has 2 rings (SSSR count). The fraction of sp³-hybridized carbons (Fsp3) is 0.231. The third-order valence-electron chi connectivity index (χ3n) is 2.63. The Morgan fingerprint density at radius 2 is 2.17 bits per heavy atom. The van der Waals surface area contributed by atoms with E-state index in [-0.39, 0.29) is 6.04 Å². The molecule has 1 unspecified atom stereocenters. The average molecular weight is 244 g/mol. The smallest absolute Gasteiger partial charge is 0.141 e. The summed E-state index contributed by atoms with van der Waals surface area (Å²) in [5, 5.41) is 3.32. The number of hydrogen-bond acceptors (Lipinski definition) is 5. The van der Waals surface area contributed by atoms with Gasteiger partial charge >= 0.3 is 0 Å². The van der Waals surface area contributed by atoms with Gasteiger partial charge in [-0.2, -0.15) is 0 Å². The van der Waals surface area contributed by atoms with Crippen LogP contribution in [0.4, 0.5) is 5.69 Å². The van der Waals surface area contributed by atoms with Gasteiger partial charge in [0.05, 0.1) is 24.5 Å². The van der Waals surface area contributed by atoms with Crippen LogP contribution in [0.1, 0.15) is 11.7 Å². The van der Waals surface area contributed by atoms with Gasteiger partial charge < -0.3 is 15.8 Å². The third kappa shape index (κ3) is 2.75. The van der Waals surface area contributed by atoms with Crippen LogP contribution in [0, 0.1) is 0 Å². The SMILES string of the molecule is COc1ccccc1NC(CN)c1ccncn1. The van der Waals surface area contributed by atoms with E-state index in [1.54, 1.807) is 13.3 Å². The highest BCUT2D eigenvalue weighted by Gasteiger charge is 2.12. The van der Waals surface area contributed by atoms with E-state index in [4.69, 9.17) is 10.5 Å². The topological polar surface area (TPSA) is 73.1 Å². The number of hydrogen-bond donors (Lipinski definition) is 2. The number of nitrogens with zero attached hydrogens (tertiary/aromatic N) is 2. The zero-order chi connectivity index (χ0) is 12.8. The van der Waals surface area contributed by atoms with Crippen molar-refractivity contribution in [1.82, 2.24) is 9.97 Å². The van der Waals surface area contributed by atoms with Crippen LogP contribution >= 0.6 is 0 Å². The number of rotatable bonds is 5. The van der Waals surface area contributed by atoms with Gasteiger partial charge in [0.15, 0.2) is 0 Å². The number of nitrogens with two attached hydrogens (primary N) is 1. The number of para-hydroxylation sites is 2. The summed E-state index contributed by atoms with van der Waals surface area (Å²) >= 11 is 0. The van der Waals surface area contributed by atoms with E-state index in [0.29, 0.717) is 6.54 Å². The zero-order valence-electron chi connectivity index (χ0n) is 10.2. The van der Waals surface area contributed by atoms with Crippen LogP contribution < -0.4 is 15.8 Å². The quantitative estimate of drug-likeness (QED) is 0.835. The van der Waals surface area contributed by atoms with Crippen molar-refractivity contribution in [2.45, 2.75) is 6.04 Å². The third-order valence-corrected chi connectivity index (χ3v) is 2.63. The molecule has 0 aliphatic heterocycles. The van der Waals surface area contributed by atoms with Crippen molar-refractivity contribution < 1.29 is 4.74 Å². The standard InChI is InChI=1S/C13H16N4O/c1-18-13-5-3-2-4-11(13)17-12(8-14)10-6-7-15-9-16-10/h2-7,9,12,17H,8,14H2,1H3. The molecule has 0 aliphatic carbocycles. The van der Waals surface area contributed by atoms with Crippen LogP contribution in [-0.2, 0) is 0 Å². The molecule has 1 aromatic carbocycles. The molecule has 1 heterocycles. The van der Waals surface area contributed by atoms with Crippen molar-refractivity contribution >= 4 is 5.69 Å². The molecule has 3 N–H and O–H groups in total. The minimum absolute atomic E-state index is 0.0655. The summed E-state index contributed by atoms with van der Waals surface area (Å²) in [4.78, 5) is 8.11. The summed E-state index contributed by atoms with van der Waals surface area (Å²) in [5.41, 5.74) is 7.54. The number of benzene rings is 1. The highest BCUT2D eigenvalue weighted by atomic mass is 16.5. The number of methoxy groups -OCH3 is 1. The maximum Gasteiger partial charge on any atom is 0.141 e. The molecule has 0 bridgehead atoms. The van der Waals surface area contributed by atoms with Gasteiger partial charge in [-0.25, -0.2) is 9.97 Å². The largest absolute Gasteiger partial charge is 0.495 e. The summed E-state index contributed by atoms with van der Waals surface area (Å²) < 4.78 is 5.29. The minimum atomic E-state index is -0.0655. The lowest BCUT2D eigenvalue weighted by Gasteiger charge is -2.19. The Morgan fingerprint density at radius 3 is 2.83 bits per heavy atom.